The van der Waals surface area contributed by atoms with Crippen LogP contribution < -0.4 is 10.6 Å². The first-order chi connectivity index (χ1) is 11.3. The zero-order valence-corrected chi connectivity index (χ0v) is 13.3. The molecule has 6 heteroatoms. The lowest BCUT2D eigenvalue weighted by atomic mass is 10.1. The molecule has 1 fully saturated rings. The van der Waals surface area contributed by atoms with Crippen LogP contribution in [0.3, 0.4) is 0 Å². The third-order valence-corrected chi connectivity index (χ3v) is 4.89. The Labute approximate surface area is 137 Å². The van der Waals surface area contributed by atoms with Crippen LogP contribution in [-0.2, 0) is 4.79 Å². The minimum atomic E-state index is -0.101. The third kappa shape index (κ3) is 2.95. The highest BCUT2D eigenvalue weighted by atomic mass is 32.1. The molecule has 0 radical (unpaired) electrons. The molecule has 0 saturated carbocycles. The van der Waals surface area contributed by atoms with Gasteiger partial charge < -0.3 is 10.6 Å². The van der Waals surface area contributed by atoms with Gasteiger partial charge in [-0.2, -0.15) is 0 Å². The number of rotatable bonds is 3. The van der Waals surface area contributed by atoms with Crippen molar-refractivity contribution >= 4 is 33.8 Å². The topological polar surface area (TPSA) is 66.9 Å². The van der Waals surface area contributed by atoms with E-state index in [9.17, 15) is 4.79 Å². The van der Waals surface area contributed by atoms with Crippen molar-refractivity contribution in [1.82, 2.24) is 15.3 Å². The summed E-state index contributed by atoms with van der Waals surface area (Å²) in [4.78, 5) is 21.8. The average molecular weight is 324 g/mol. The van der Waals surface area contributed by atoms with Crippen LogP contribution in [0.2, 0.25) is 0 Å². The lowest BCUT2D eigenvalue weighted by molar-refractivity contribution is -0.117. The van der Waals surface area contributed by atoms with E-state index < -0.39 is 0 Å². The largest absolute Gasteiger partial charge is 0.309 e. The normalized spacial score (nSPS) is 17.5. The Morgan fingerprint density at radius 2 is 2.22 bits per heavy atom. The van der Waals surface area contributed by atoms with E-state index >= 15 is 0 Å². The Kier molecular flexibility index (Phi) is 3.77. The second kappa shape index (κ2) is 6.06. The standard InChI is InChI=1S/C17H16N4OS/c22-17(14-2-1-5-19-14)21-16-7-13-6-11(15-9-18-10-23-15)3-4-12(13)8-20-16/h3-4,6-10,14,19H,1-2,5H2,(H,20,21,22)/t14-/m1/s1. The van der Waals surface area contributed by atoms with Crippen molar-refractivity contribution in [2.75, 3.05) is 11.9 Å². The highest BCUT2D eigenvalue weighted by Gasteiger charge is 2.22. The van der Waals surface area contributed by atoms with Gasteiger partial charge in [0.05, 0.1) is 16.4 Å². The number of benzene rings is 1. The van der Waals surface area contributed by atoms with Crippen LogP contribution in [0.5, 0.6) is 0 Å². The van der Waals surface area contributed by atoms with E-state index in [0.717, 1.165) is 40.6 Å². The predicted molar refractivity (Wildman–Crippen MR) is 92.5 cm³/mol. The first-order valence-corrected chi connectivity index (χ1v) is 8.50. The summed E-state index contributed by atoms with van der Waals surface area (Å²) in [6.07, 6.45) is 5.58. The van der Waals surface area contributed by atoms with E-state index in [2.05, 4.69) is 32.7 Å². The van der Waals surface area contributed by atoms with E-state index in [-0.39, 0.29) is 11.9 Å². The molecule has 3 aromatic rings. The van der Waals surface area contributed by atoms with Gasteiger partial charge in [0.25, 0.3) is 0 Å². The molecule has 1 aromatic carbocycles. The lowest BCUT2D eigenvalue weighted by Gasteiger charge is -2.11. The Morgan fingerprint density at radius 1 is 1.26 bits per heavy atom. The molecule has 2 N–H and O–H groups in total. The highest BCUT2D eigenvalue weighted by Crippen LogP contribution is 2.27. The number of carbonyl (C=O) groups is 1. The second-order valence-electron chi connectivity index (χ2n) is 5.64. The summed E-state index contributed by atoms with van der Waals surface area (Å²) in [5.41, 5.74) is 2.95. The zero-order chi connectivity index (χ0) is 15.6. The lowest BCUT2D eigenvalue weighted by Crippen LogP contribution is -2.35. The number of amides is 1. The van der Waals surface area contributed by atoms with Gasteiger partial charge >= 0.3 is 0 Å². The van der Waals surface area contributed by atoms with Gasteiger partial charge in [-0.3, -0.25) is 9.78 Å². The Balaban J connectivity index is 1.62. The van der Waals surface area contributed by atoms with Crippen molar-refractivity contribution in [3.05, 3.63) is 42.2 Å². The van der Waals surface area contributed by atoms with Gasteiger partial charge in [-0.25, -0.2) is 4.98 Å². The smallest absolute Gasteiger partial charge is 0.242 e. The fourth-order valence-electron chi connectivity index (χ4n) is 2.84. The molecule has 1 amide bonds. The van der Waals surface area contributed by atoms with Crippen LogP contribution in [0, 0.1) is 0 Å². The van der Waals surface area contributed by atoms with E-state index in [1.54, 1.807) is 17.5 Å². The Morgan fingerprint density at radius 3 is 3.00 bits per heavy atom. The fourth-order valence-corrected chi connectivity index (χ4v) is 3.46. The van der Waals surface area contributed by atoms with Gasteiger partial charge in [-0.05, 0) is 42.5 Å². The molecule has 3 heterocycles. The monoisotopic (exact) mass is 324 g/mol. The molecule has 1 aliphatic rings. The molecular weight excluding hydrogens is 308 g/mol. The van der Waals surface area contributed by atoms with Crippen LogP contribution in [-0.4, -0.2) is 28.5 Å². The maximum Gasteiger partial charge on any atom is 0.242 e. The van der Waals surface area contributed by atoms with E-state index in [4.69, 9.17) is 0 Å². The Hall–Kier alpha value is -2.31. The first-order valence-electron chi connectivity index (χ1n) is 7.62. The van der Waals surface area contributed by atoms with Crippen molar-refractivity contribution < 1.29 is 4.79 Å². The number of thiazole rings is 1. The number of hydrogen-bond donors (Lipinski definition) is 2. The molecule has 0 spiro atoms. The molecule has 1 saturated heterocycles. The van der Waals surface area contributed by atoms with Crippen LogP contribution in [0.15, 0.2) is 42.2 Å². The molecule has 0 aliphatic carbocycles. The van der Waals surface area contributed by atoms with Gasteiger partial charge in [0.2, 0.25) is 5.91 Å². The summed E-state index contributed by atoms with van der Waals surface area (Å²) >= 11 is 1.61. The highest BCUT2D eigenvalue weighted by molar-refractivity contribution is 7.13. The van der Waals surface area contributed by atoms with Crippen molar-refractivity contribution in [2.24, 2.45) is 0 Å². The average Bonchev–Trinajstić information content (AvgIpc) is 3.27. The zero-order valence-electron chi connectivity index (χ0n) is 12.5. The van der Waals surface area contributed by atoms with Crippen LogP contribution in [0.4, 0.5) is 5.82 Å². The van der Waals surface area contributed by atoms with E-state index in [1.165, 1.54) is 0 Å². The maximum atomic E-state index is 12.2. The number of anilines is 1. The van der Waals surface area contributed by atoms with Gasteiger partial charge in [-0.15, -0.1) is 11.3 Å². The number of nitrogens with one attached hydrogen (secondary N) is 2. The van der Waals surface area contributed by atoms with Gasteiger partial charge in [-0.1, -0.05) is 12.1 Å². The molecule has 23 heavy (non-hydrogen) atoms. The number of nitrogens with zero attached hydrogens (tertiary/aromatic N) is 2. The minimum Gasteiger partial charge on any atom is -0.309 e. The van der Waals surface area contributed by atoms with Crippen LogP contribution in [0.1, 0.15) is 12.8 Å². The van der Waals surface area contributed by atoms with Gasteiger partial charge in [0.15, 0.2) is 0 Å². The predicted octanol–water partition coefficient (Wildman–Crippen LogP) is 3.05. The first kappa shape index (κ1) is 14.3. The second-order valence-corrected chi connectivity index (χ2v) is 6.52. The van der Waals surface area contributed by atoms with Crippen molar-refractivity contribution in [2.45, 2.75) is 18.9 Å². The number of pyridine rings is 1. The van der Waals surface area contributed by atoms with Crippen molar-refractivity contribution in [3.63, 3.8) is 0 Å². The summed E-state index contributed by atoms with van der Waals surface area (Å²) < 4.78 is 0. The number of fused-ring (bicyclic) bond motifs is 1. The number of aromatic nitrogens is 2. The van der Waals surface area contributed by atoms with E-state index in [1.807, 2.05) is 23.8 Å². The molecule has 116 valence electrons. The summed E-state index contributed by atoms with van der Waals surface area (Å²) in [5.74, 6) is 0.589. The SMILES string of the molecule is O=C(Nc1cc2cc(-c3cncs3)ccc2cn1)[C@H]1CCCN1. The molecular formula is C17H16N4OS. The maximum absolute atomic E-state index is 12.2. The van der Waals surface area contributed by atoms with Crippen LogP contribution >= 0.6 is 11.3 Å². The minimum absolute atomic E-state index is 0.00652. The summed E-state index contributed by atoms with van der Waals surface area (Å²) in [6, 6.07) is 8.04. The third-order valence-electron chi connectivity index (χ3n) is 4.07. The summed E-state index contributed by atoms with van der Waals surface area (Å²) in [6.45, 7) is 0.904. The number of hydrogen-bond acceptors (Lipinski definition) is 5. The molecule has 4 rings (SSSR count). The molecule has 1 aliphatic heterocycles. The molecule has 5 nitrogen and oxygen atoms in total. The summed E-state index contributed by atoms with van der Waals surface area (Å²) in [7, 11) is 0. The van der Waals surface area contributed by atoms with Gasteiger partial charge in [0, 0.05) is 17.8 Å². The molecule has 2 aromatic heterocycles. The van der Waals surface area contributed by atoms with Crippen molar-refractivity contribution in [1.29, 1.82) is 0 Å². The molecule has 0 bridgehead atoms. The quantitative estimate of drug-likeness (QED) is 0.777. The van der Waals surface area contributed by atoms with Gasteiger partial charge in [0.1, 0.15) is 5.82 Å². The fraction of sp³-hybridized carbons (Fsp3) is 0.235. The van der Waals surface area contributed by atoms with Crippen molar-refractivity contribution in [3.8, 4) is 10.4 Å². The van der Waals surface area contributed by atoms with E-state index in [0.29, 0.717) is 5.82 Å². The Bertz CT molecular complexity index is 841. The molecule has 0 unspecified atom stereocenters. The number of carbonyl (C=O) groups excluding carboxylic acids is 1. The summed E-state index contributed by atoms with van der Waals surface area (Å²) in [5, 5.41) is 8.21. The molecule has 1 atom stereocenters. The van der Waals surface area contributed by atoms with Crippen LogP contribution in [0.25, 0.3) is 21.2 Å².